The molecule has 2 rings (SSSR count). The summed E-state index contributed by atoms with van der Waals surface area (Å²) in [6.07, 6.45) is 7.37. The van der Waals surface area contributed by atoms with Gasteiger partial charge in [0.25, 0.3) is 0 Å². The highest BCUT2D eigenvalue weighted by atomic mass is 35.5. The molecule has 0 saturated carbocycles. The van der Waals surface area contributed by atoms with E-state index in [4.69, 9.17) is 11.6 Å². The van der Waals surface area contributed by atoms with Gasteiger partial charge in [-0.05, 0) is 26.2 Å². The predicted octanol–water partition coefficient (Wildman–Crippen LogP) is 2.59. The van der Waals surface area contributed by atoms with Gasteiger partial charge in [-0.1, -0.05) is 0 Å². The molecule has 0 amide bonds. The van der Waals surface area contributed by atoms with Crippen LogP contribution in [0.15, 0.2) is 12.4 Å². The predicted molar refractivity (Wildman–Crippen MR) is 62.2 cm³/mol. The molecular formula is C11H16ClN3. The lowest BCUT2D eigenvalue weighted by Crippen LogP contribution is -2.38. The Hall–Kier alpha value is -0.830. The van der Waals surface area contributed by atoms with Gasteiger partial charge in [0.2, 0.25) is 0 Å². The van der Waals surface area contributed by atoms with Crippen molar-refractivity contribution in [3.05, 3.63) is 18.1 Å². The van der Waals surface area contributed by atoms with Crippen molar-refractivity contribution in [3.63, 3.8) is 0 Å². The molecule has 1 aliphatic rings. The SMILES string of the molecule is CC1CCCCN1c1cncc(CCl)n1. The number of hydrogen-bond acceptors (Lipinski definition) is 3. The molecule has 1 fully saturated rings. The van der Waals surface area contributed by atoms with E-state index in [9.17, 15) is 0 Å². The fraction of sp³-hybridized carbons (Fsp3) is 0.636. The maximum Gasteiger partial charge on any atom is 0.147 e. The van der Waals surface area contributed by atoms with E-state index in [1.54, 1.807) is 6.20 Å². The monoisotopic (exact) mass is 225 g/mol. The zero-order valence-corrected chi connectivity index (χ0v) is 9.74. The summed E-state index contributed by atoms with van der Waals surface area (Å²) in [5.41, 5.74) is 0.854. The molecule has 0 bridgehead atoms. The van der Waals surface area contributed by atoms with Crippen LogP contribution in [0.25, 0.3) is 0 Å². The second-order valence-corrected chi connectivity index (χ2v) is 4.31. The van der Waals surface area contributed by atoms with Crippen molar-refractivity contribution in [2.45, 2.75) is 38.1 Å². The van der Waals surface area contributed by atoms with Crippen LogP contribution in [0, 0.1) is 0 Å². The number of anilines is 1. The normalized spacial score (nSPS) is 21.7. The standard InChI is InChI=1S/C11H16ClN3/c1-9-4-2-3-5-15(9)11-8-13-7-10(6-12)14-11/h7-9H,2-6H2,1H3. The minimum Gasteiger partial charge on any atom is -0.353 e. The van der Waals surface area contributed by atoms with Gasteiger partial charge in [-0.3, -0.25) is 4.98 Å². The van der Waals surface area contributed by atoms with Crippen molar-refractivity contribution in [1.82, 2.24) is 9.97 Å². The molecular weight excluding hydrogens is 210 g/mol. The van der Waals surface area contributed by atoms with Crippen LogP contribution < -0.4 is 4.90 Å². The zero-order valence-electron chi connectivity index (χ0n) is 8.99. The number of aromatic nitrogens is 2. The third kappa shape index (κ3) is 2.40. The van der Waals surface area contributed by atoms with Gasteiger partial charge < -0.3 is 4.90 Å². The van der Waals surface area contributed by atoms with E-state index in [-0.39, 0.29) is 0 Å². The summed E-state index contributed by atoms with van der Waals surface area (Å²) in [6, 6.07) is 0.568. The number of alkyl halides is 1. The van der Waals surface area contributed by atoms with Crippen LogP contribution in [0.3, 0.4) is 0 Å². The molecule has 1 unspecified atom stereocenters. The molecule has 0 radical (unpaired) electrons. The lowest BCUT2D eigenvalue weighted by molar-refractivity contribution is 0.480. The Bertz CT molecular complexity index is 329. The van der Waals surface area contributed by atoms with Gasteiger partial charge in [0.1, 0.15) is 5.82 Å². The summed E-state index contributed by atoms with van der Waals surface area (Å²) in [4.78, 5) is 11.0. The highest BCUT2D eigenvalue weighted by Crippen LogP contribution is 2.22. The number of rotatable bonds is 2. The second-order valence-electron chi connectivity index (χ2n) is 4.04. The van der Waals surface area contributed by atoms with Crippen LogP contribution >= 0.6 is 11.6 Å². The number of hydrogen-bond donors (Lipinski definition) is 0. The molecule has 0 aliphatic carbocycles. The summed E-state index contributed by atoms with van der Waals surface area (Å²) in [6.45, 7) is 3.33. The van der Waals surface area contributed by atoms with Crippen molar-refractivity contribution >= 4 is 17.4 Å². The smallest absolute Gasteiger partial charge is 0.147 e. The van der Waals surface area contributed by atoms with E-state index in [1.807, 2.05) is 6.20 Å². The van der Waals surface area contributed by atoms with E-state index in [2.05, 4.69) is 21.8 Å². The Morgan fingerprint density at radius 1 is 1.47 bits per heavy atom. The van der Waals surface area contributed by atoms with Crippen molar-refractivity contribution in [2.75, 3.05) is 11.4 Å². The second kappa shape index (κ2) is 4.79. The third-order valence-electron chi connectivity index (χ3n) is 2.91. The highest BCUT2D eigenvalue weighted by molar-refractivity contribution is 6.16. The lowest BCUT2D eigenvalue weighted by Gasteiger charge is -2.34. The Morgan fingerprint density at radius 2 is 2.33 bits per heavy atom. The van der Waals surface area contributed by atoms with E-state index < -0.39 is 0 Å². The average molecular weight is 226 g/mol. The molecule has 0 aromatic carbocycles. The van der Waals surface area contributed by atoms with Crippen LogP contribution in [0.5, 0.6) is 0 Å². The Labute approximate surface area is 95.5 Å². The Morgan fingerprint density at radius 3 is 3.07 bits per heavy atom. The van der Waals surface area contributed by atoms with Gasteiger partial charge in [0, 0.05) is 18.8 Å². The topological polar surface area (TPSA) is 29.0 Å². The molecule has 1 aromatic heterocycles. The summed E-state index contributed by atoms with van der Waals surface area (Å²) >= 11 is 5.75. The molecule has 0 N–H and O–H groups in total. The van der Waals surface area contributed by atoms with Crippen LogP contribution in [0.1, 0.15) is 31.9 Å². The fourth-order valence-electron chi connectivity index (χ4n) is 2.04. The quantitative estimate of drug-likeness (QED) is 0.725. The van der Waals surface area contributed by atoms with Crippen molar-refractivity contribution in [3.8, 4) is 0 Å². The van der Waals surface area contributed by atoms with E-state index in [0.717, 1.165) is 18.1 Å². The Balaban J connectivity index is 2.19. The molecule has 1 aromatic rings. The maximum absolute atomic E-state index is 5.75. The fourth-order valence-corrected chi connectivity index (χ4v) is 2.16. The molecule has 1 saturated heterocycles. The minimum atomic E-state index is 0.434. The molecule has 15 heavy (non-hydrogen) atoms. The van der Waals surface area contributed by atoms with Crippen molar-refractivity contribution in [1.29, 1.82) is 0 Å². The summed E-state index contributed by atoms with van der Waals surface area (Å²) in [5, 5.41) is 0. The van der Waals surface area contributed by atoms with Crippen molar-refractivity contribution in [2.24, 2.45) is 0 Å². The summed E-state index contributed by atoms with van der Waals surface area (Å²) in [7, 11) is 0. The van der Waals surface area contributed by atoms with Crippen LogP contribution in [-0.4, -0.2) is 22.6 Å². The first kappa shape index (κ1) is 10.7. The molecule has 1 atom stereocenters. The molecule has 1 aliphatic heterocycles. The van der Waals surface area contributed by atoms with Gasteiger partial charge in [0.05, 0.1) is 17.8 Å². The van der Waals surface area contributed by atoms with Gasteiger partial charge in [0.15, 0.2) is 0 Å². The van der Waals surface area contributed by atoms with Gasteiger partial charge in [-0.2, -0.15) is 0 Å². The molecule has 82 valence electrons. The summed E-state index contributed by atoms with van der Waals surface area (Å²) < 4.78 is 0. The van der Waals surface area contributed by atoms with E-state index >= 15 is 0 Å². The average Bonchev–Trinajstić information content (AvgIpc) is 2.30. The van der Waals surface area contributed by atoms with Crippen LogP contribution in [-0.2, 0) is 5.88 Å². The first-order valence-corrected chi connectivity index (χ1v) is 5.98. The molecule has 2 heterocycles. The zero-order chi connectivity index (χ0) is 10.7. The van der Waals surface area contributed by atoms with E-state index in [0.29, 0.717) is 11.9 Å². The first-order chi connectivity index (χ1) is 7.31. The minimum absolute atomic E-state index is 0.434. The highest BCUT2D eigenvalue weighted by Gasteiger charge is 2.19. The van der Waals surface area contributed by atoms with Gasteiger partial charge >= 0.3 is 0 Å². The number of halogens is 1. The molecule has 4 heteroatoms. The van der Waals surface area contributed by atoms with Gasteiger partial charge in [-0.25, -0.2) is 4.98 Å². The Kier molecular flexibility index (Phi) is 3.41. The maximum atomic E-state index is 5.75. The number of piperidine rings is 1. The first-order valence-electron chi connectivity index (χ1n) is 5.45. The number of nitrogens with zero attached hydrogens (tertiary/aromatic N) is 3. The van der Waals surface area contributed by atoms with Crippen LogP contribution in [0.2, 0.25) is 0 Å². The third-order valence-corrected chi connectivity index (χ3v) is 3.18. The summed E-state index contributed by atoms with van der Waals surface area (Å²) in [5.74, 6) is 1.41. The van der Waals surface area contributed by atoms with Crippen LogP contribution in [0.4, 0.5) is 5.82 Å². The van der Waals surface area contributed by atoms with Crippen molar-refractivity contribution < 1.29 is 0 Å². The largest absolute Gasteiger partial charge is 0.353 e. The van der Waals surface area contributed by atoms with Gasteiger partial charge in [-0.15, -0.1) is 11.6 Å². The van der Waals surface area contributed by atoms with E-state index in [1.165, 1.54) is 19.3 Å². The molecule has 3 nitrogen and oxygen atoms in total. The molecule has 0 spiro atoms. The lowest BCUT2D eigenvalue weighted by atomic mass is 10.0.